The number of fused-ring (bicyclic) bond motifs is 1. The number of aromatic nitrogens is 2. The first-order valence-corrected chi connectivity index (χ1v) is 10.4. The van der Waals surface area contributed by atoms with Crippen LogP contribution >= 0.6 is 30.1 Å². The lowest BCUT2D eigenvalue weighted by atomic mass is 10.0. The minimum atomic E-state index is -0.354. The summed E-state index contributed by atoms with van der Waals surface area (Å²) in [7, 11) is 1.48. The minimum Gasteiger partial charge on any atom is -0.333 e. The largest absolute Gasteiger partial charge is 0.333 e. The normalized spacial score (nSPS) is 10.7. The number of nitro benzene ring substituents is 1. The number of aromatic amines is 1. The van der Waals surface area contributed by atoms with Gasteiger partial charge in [-0.2, -0.15) is 5.26 Å². The van der Waals surface area contributed by atoms with Crippen LogP contribution in [-0.4, -0.2) is 14.9 Å². The van der Waals surface area contributed by atoms with E-state index in [2.05, 4.69) is 37.2 Å². The molecule has 1 N–H and O–H groups in total. The average molecular weight is 450 g/mol. The highest BCUT2D eigenvalue weighted by molar-refractivity contribution is 14.2. The van der Waals surface area contributed by atoms with Crippen molar-refractivity contribution in [2.24, 2.45) is 0 Å². The molecular weight excluding hydrogens is 439 g/mol. The highest BCUT2D eigenvalue weighted by Gasteiger charge is 2.19. The van der Waals surface area contributed by atoms with E-state index < -0.39 is 0 Å². The topological polar surface area (TPSA) is 95.6 Å². The Labute approximate surface area is 154 Å². The lowest BCUT2D eigenvalue weighted by molar-refractivity contribution is -0.385. The number of nitrogens with zero attached hydrogens (tertiary/aromatic N) is 3. The summed E-state index contributed by atoms with van der Waals surface area (Å²) in [4.78, 5) is 18.5. The van der Waals surface area contributed by atoms with Crippen LogP contribution in [0.1, 0.15) is 18.1 Å². The Morgan fingerprint density at radius 2 is 2.25 bits per heavy atom. The fourth-order valence-corrected chi connectivity index (χ4v) is 4.07. The van der Waals surface area contributed by atoms with Gasteiger partial charge in [0, 0.05) is 50.0 Å². The Bertz CT molecular complexity index is 994. The summed E-state index contributed by atoms with van der Waals surface area (Å²) in [5.74, 6) is 0. The summed E-state index contributed by atoms with van der Waals surface area (Å²) in [6.07, 6.45) is 2.10. The average Bonchev–Trinajstić information content (AvgIpc) is 2.98. The van der Waals surface area contributed by atoms with Gasteiger partial charge in [0.05, 0.1) is 15.5 Å². The molecule has 6 nitrogen and oxygen atoms in total. The zero-order valence-electron chi connectivity index (χ0n) is 12.5. The molecule has 0 bridgehead atoms. The maximum atomic E-state index is 11.4. The molecule has 0 aliphatic rings. The van der Waals surface area contributed by atoms with Crippen LogP contribution in [0.15, 0.2) is 35.5 Å². The number of H-pyrrole nitrogens is 1. The van der Waals surface area contributed by atoms with E-state index in [1.165, 1.54) is 15.1 Å². The van der Waals surface area contributed by atoms with Gasteiger partial charge < -0.3 is 4.98 Å². The summed E-state index contributed by atoms with van der Waals surface area (Å²) in [5.41, 5.74) is 3.49. The lowest BCUT2D eigenvalue weighted by Crippen LogP contribution is -1.95. The van der Waals surface area contributed by atoms with Crippen molar-refractivity contribution >= 4 is 46.9 Å². The van der Waals surface area contributed by atoms with Crippen molar-refractivity contribution in [1.29, 1.82) is 5.26 Å². The molecule has 0 aliphatic heterocycles. The van der Waals surface area contributed by atoms with Crippen LogP contribution in [0.2, 0.25) is 0 Å². The van der Waals surface area contributed by atoms with Crippen molar-refractivity contribution in [2.45, 2.75) is 18.4 Å². The van der Waals surface area contributed by atoms with Crippen LogP contribution in [0, 0.1) is 21.4 Å². The number of nitrogens with one attached hydrogen (secondary N) is 1. The molecule has 2 aromatic heterocycles. The molecule has 0 saturated carbocycles. The molecule has 1 aromatic carbocycles. The number of benzene rings is 1. The van der Waals surface area contributed by atoms with Crippen LogP contribution in [0.4, 0.5) is 5.69 Å². The Hall–Kier alpha value is -2.12. The molecule has 0 fully saturated rings. The summed E-state index contributed by atoms with van der Waals surface area (Å²) in [6.45, 7) is 1.89. The predicted octanol–water partition coefficient (Wildman–Crippen LogP) is 5.01. The molecule has 0 unspecified atom stereocenters. The summed E-state index contributed by atoms with van der Waals surface area (Å²) in [6, 6.07) is 9.09. The van der Waals surface area contributed by atoms with Gasteiger partial charge in [0.2, 0.25) is 0 Å². The van der Waals surface area contributed by atoms with Crippen LogP contribution < -0.4 is 0 Å². The number of nitriles is 1. The standard InChI is InChI=1S/C16H11IN4O2S/c1-2-10-3-4-11(6-13(10)21(22)23)14-12-5-9(7-18)8-19-15(12)20-16(14)24-17/h3-6,8H,2H2,1H3,(H,19,20). The Morgan fingerprint density at radius 1 is 1.46 bits per heavy atom. The third-order valence-corrected chi connectivity index (χ3v) is 5.56. The Morgan fingerprint density at radius 3 is 2.88 bits per heavy atom. The Kier molecular flexibility index (Phi) is 4.73. The molecule has 24 heavy (non-hydrogen) atoms. The zero-order valence-corrected chi connectivity index (χ0v) is 15.5. The second-order valence-corrected chi connectivity index (χ2v) is 6.98. The van der Waals surface area contributed by atoms with Crippen LogP contribution in [0.5, 0.6) is 0 Å². The summed E-state index contributed by atoms with van der Waals surface area (Å²) < 4.78 is 0. The Balaban J connectivity index is 2.31. The van der Waals surface area contributed by atoms with Gasteiger partial charge in [-0.15, -0.1) is 0 Å². The number of halogens is 1. The number of hydrogen-bond acceptors (Lipinski definition) is 5. The van der Waals surface area contributed by atoms with Crippen LogP contribution in [0.3, 0.4) is 0 Å². The van der Waals surface area contributed by atoms with E-state index in [9.17, 15) is 10.1 Å². The fourth-order valence-electron chi connectivity index (χ4n) is 2.64. The molecule has 8 heteroatoms. The van der Waals surface area contributed by atoms with Crippen LogP contribution in [-0.2, 0) is 6.42 Å². The first-order chi connectivity index (χ1) is 11.6. The third-order valence-electron chi connectivity index (χ3n) is 3.77. The zero-order chi connectivity index (χ0) is 17.3. The fraction of sp³-hybridized carbons (Fsp3) is 0.125. The lowest BCUT2D eigenvalue weighted by Gasteiger charge is -2.06. The monoisotopic (exact) mass is 450 g/mol. The van der Waals surface area contributed by atoms with Gasteiger partial charge in [0.15, 0.2) is 0 Å². The maximum absolute atomic E-state index is 11.4. The van der Waals surface area contributed by atoms with E-state index in [1.807, 2.05) is 13.0 Å². The predicted molar refractivity (Wildman–Crippen MR) is 102 cm³/mol. The molecular formula is C16H11IN4O2S. The SMILES string of the molecule is CCc1ccc(-c2c(SI)[nH]c3ncc(C#N)cc23)cc1[N+](=O)[O-]. The molecule has 0 amide bonds. The third kappa shape index (κ3) is 2.85. The van der Waals surface area contributed by atoms with Gasteiger partial charge in [-0.1, -0.05) is 19.1 Å². The number of nitro groups is 1. The molecule has 0 atom stereocenters. The van der Waals surface area contributed by atoms with Crippen molar-refractivity contribution in [3.8, 4) is 17.2 Å². The van der Waals surface area contributed by atoms with Crippen molar-refractivity contribution < 1.29 is 4.92 Å². The van der Waals surface area contributed by atoms with E-state index >= 15 is 0 Å². The highest BCUT2D eigenvalue weighted by Crippen LogP contribution is 2.41. The maximum Gasteiger partial charge on any atom is 0.273 e. The first kappa shape index (κ1) is 16.7. The molecule has 3 aromatic rings. The van der Waals surface area contributed by atoms with Crippen LogP contribution in [0.25, 0.3) is 22.2 Å². The molecule has 3 rings (SSSR count). The van der Waals surface area contributed by atoms with Gasteiger partial charge in [-0.25, -0.2) is 4.98 Å². The minimum absolute atomic E-state index is 0.109. The summed E-state index contributed by atoms with van der Waals surface area (Å²) in [5, 5.41) is 22.1. The quantitative estimate of drug-likeness (QED) is 0.342. The highest BCUT2D eigenvalue weighted by atomic mass is 127. The van der Waals surface area contributed by atoms with Gasteiger partial charge in [-0.05, 0) is 27.0 Å². The number of pyridine rings is 1. The molecule has 0 aliphatic carbocycles. The summed E-state index contributed by atoms with van der Waals surface area (Å²) >= 11 is 2.15. The molecule has 0 radical (unpaired) electrons. The van der Waals surface area contributed by atoms with Gasteiger partial charge in [0.25, 0.3) is 5.69 Å². The second kappa shape index (κ2) is 6.78. The van der Waals surface area contributed by atoms with E-state index in [4.69, 9.17) is 5.26 Å². The second-order valence-electron chi connectivity index (χ2n) is 5.09. The number of aryl methyl sites for hydroxylation is 1. The number of hydrogen-bond donors (Lipinski definition) is 1. The van der Waals surface area contributed by atoms with E-state index in [0.717, 1.165) is 21.5 Å². The van der Waals surface area contributed by atoms with Crippen molar-refractivity contribution in [3.63, 3.8) is 0 Å². The smallest absolute Gasteiger partial charge is 0.273 e. The van der Waals surface area contributed by atoms with E-state index in [-0.39, 0.29) is 10.6 Å². The van der Waals surface area contributed by atoms with Crippen molar-refractivity contribution in [1.82, 2.24) is 9.97 Å². The molecule has 2 heterocycles. The molecule has 0 saturated heterocycles. The van der Waals surface area contributed by atoms with Gasteiger partial charge in [0.1, 0.15) is 11.7 Å². The van der Waals surface area contributed by atoms with Crippen molar-refractivity contribution in [2.75, 3.05) is 0 Å². The molecule has 0 spiro atoms. The first-order valence-electron chi connectivity index (χ1n) is 7.07. The van der Waals surface area contributed by atoms with Crippen molar-refractivity contribution in [3.05, 3.63) is 51.7 Å². The molecule has 120 valence electrons. The van der Waals surface area contributed by atoms with Gasteiger partial charge >= 0.3 is 0 Å². The van der Waals surface area contributed by atoms with E-state index in [1.54, 1.807) is 18.2 Å². The van der Waals surface area contributed by atoms with Gasteiger partial charge in [-0.3, -0.25) is 10.1 Å². The van der Waals surface area contributed by atoms with E-state index in [0.29, 0.717) is 23.2 Å². The number of rotatable bonds is 4.